The van der Waals surface area contributed by atoms with Crippen molar-refractivity contribution < 1.29 is 0 Å². The number of nitrogens with one attached hydrogen (secondary N) is 1. The lowest BCUT2D eigenvalue weighted by Crippen LogP contribution is -2.22. The van der Waals surface area contributed by atoms with Gasteiger partial charge in [-0.25, -0.2) is 4.98 Å². The van der Waals surface area contributed by atoms with Crippen molar-refractivity contribution in [3.8, 4) is 0 Å². The third kappa shape index (κ3) is 2.90. The maximum absolute atomic E-state index is 4.57. The SMILES string of the molecule is CCNC(Cc1cccs1)c1csc(C)n1. The number of thiazole rings is 1. The Bertz CT molecular complexity index is 420. The van der Waals surface area contributed by atoms with Crippen LogP contribution < -0.4 is 5.32 Å². The van der Waals surface area contributed by atoms with E-state index in [4.69, 9.17) is 0 Å². The van der Waals surface area contributed by atoms with Crippen LogP contribution in [-0.2, 0) is 6.42 Å². The second-order valence-corrected chi connectivity index (χ2v) is 5.78. The fourth-order valence-electron chi connectivity index (χ4n) is 1.70. The van der Waals surface area contributed by atoms with E-state index in [1.807, 2.05) is 11.3 Å². The molecule has 0 radical (unpaired) electrons. The van der Waals surface area contributed by atoms with Crippen LogP contribution in [0.25, 0.3) is 0 Å². The highest BCUT2D eigenvalue weighted by Gasteiger charge is 2.14. The molecule has 2 aromatic heterocycles. The van der Waals surface area contributed by atoms with Gasteiger partial charge in [0.15, 0.2) is 0 Å². The Morgan fingerprint density at radius 2 is 2.31 bits per heavy atom. The molecular weight excluding hydrogens is 236 g/mol. The van der Waals surface area contributed by atoms with E-state index in [0.717, 1.165) is 18.0 Å². The van der Waals surface area contributed by atoms with Gasteiger partial charge in [-0.3, -0.25) is 0 Å². The van der Waals surface area contributed by atoms with Crippen LogP contribution in [0, 0.1) is 6.92 Å². The second kappa shape index (κ2) is 5.57. The minimum absolute atomic E-state index is 0.355. The van der Waals surface area contributed by atoms with Gasteiger partial charge < -0.3 is 5.32 Å². The first-order valence-corrected chi connectivity index (χ1v) is 7.23. The van der Waals surface area contributed by atoms with E-state index >= 15 is 0 Å². The molecule has 0 saturated carbocycles. The fourth-order valence-corrected chi connectivity index (χ4v) is 3.12. The molecule has 0 aromatic carbocycles. The Morgan fingerprint density at radius 1 is 1.44 bits per heavy atom. The maximum atomic E-state index is 4.57. The summed E-state index contributed by atoms with van der Waals surface area (Å²) < 4.78 is 0. The first-order chi connectivity index (χ1) is 7.79. The molecule has 0 aliphatic heterocycles. The van der Waals surface area contributed by atoms with Crippen molar-refractivity contribution in [2.75, 3.05) is 6.54 Å². The van der Waals surface area contributed by atoms with Crippen LogP contribution in [0.3, 0.4) is 0 Å². The summed E-state index contributed by atoms with van der Waals surface area (Å²) in [5, 5.41) is 8.94. The summed E-state index contributed by atoms with van der Waals surface area (Å²) in [5.41, 5.74) is 1.18. The average Bonchev–Trinajstić information content (AvgIpc) is 2.88. The van der Waals surface area contributed by atoms with Gasteiger partial charge in [0.1, 0.15) is 0 Å². The van der Waals surface area contributed by atoms with E-state index in [9.17, 15) is 0 Å². The molecule has 1 unspecified atom stereocenters. The summed E-state index contributed by atoms with van der Waals surface area (Å²) in [6.45, 7) is 5.18. The largest absolute Gasteiger partial charge is 0.309 e. The zero-order valence-electron chi connectivity index (χ0n) is 9.56. The molecule has 86 valence electrons. The molecule has 0 spiro atoms. The molecule has 2 aromatic rings. The zero-order valence-corrected chi connectivity index (χ0v) is 11.2. The normalized spacial score (nSPS) is 12.9. The van der Waals surface area contributed by atoms with E-state index in [1.165, 1.54) is 10.6 Å². The number of hydrogen-bond donors (Lipinski definition) is 1. The Balaban J connectivity index is 2.11. The van der Waals surface area contributed by atoms with Gasteiger partial charge in [0.25, 0.3) is 0 Å². The number of aromatic nitrogens is 1. The molecule has 1 atom stereocenters. The molecule has 2 nitrogen and oxygen atoms in total. The van der Waals surface area contributed by atoms with Crippen LogP contribution in [-0.4, -0.2) is 11.5 Å². The van der Waals surface area contributed by atoms with Crippen molar-refractivity contribution in [1.29, 1.82) is 0 Å². The molecule has 0 saturated heterocycles. The Hall–Kier alpha value is -0.710. The standard InChI is InChI=1S/C12H16N2S2/c1-3-13-11(7-10-5-4-6-15-10)12-8-16-9(2)14-12/h4-6,8,11,13H,3,7H2,1-2H3. The smallest absolute Gasteiger partial charge is 0.0898 e. The van der Waals surface area contributed by atoms with E-state index in [0.29, 0.717) is 6.04 Å². The summed E-state index contributed by atoms with van der Waals surface area (Å²) in [4.78, 5) is 5.98. The number of likely N-dealkylation sites (N-methyl/N-ethyl adjacent to an activating group) is 1. The van der Waals surface area contributed by atoms with Crippen LogP contribution in [0.15, 0.2) is 22.9 Å². The quantitative estimate of drug-likeness (QED) is 0.882. The molecule has 0 amide bonds. The van der Waals surface area contributed by atoms with Crippen molar-refractivity contribution in [1.82, 2.24) is 10.3 Å². The molecular formula is C12H16N2S2. The van der Waals surface area contributed by atoms with Gasteiger partial charge >= 0.3 is 0 Å². The molecule has 2 heterocycles. The van der Waals surface area contributed by atoms with Crippen molar-refractivity contribution in [2.24, 2.45) is 0 Å². The van der Waals surface area contributed by atoms with Gasteiger partial charge in [-0.05, 0) is 24.9 Å². The predicted molar refractivity (Wildman–Crippen MR) is 71.3 cm³/mol. The molecule has 0 aliphatic rings. The third-order valence-electron chi connectivity index (χ3n) is 2.43. The number of thiophene rings is 1. The van der Waals surface area contributed by atoms with Gasteiger partial charge in [-0.2, -0.15) is 0 Å². The molecule has 4 heteroatoms. The first-order valence-electron chi connectivity index (χ1n) is 5.47. The minimum Gasteiger partial charge on any atom is -0.309 e. The van der Waals surface area contributed by atoms with Crippen LogP contribution in [0.2, 0.25) is 0 Å². The molecule has 1 N–H and O–H groups in total. The topological polar surface area (TPSA) is 24.9 Å². The van der Waals surface area contributed by atoms with Crippen LogP contribution >= 0.6 is 22.7 Å². The summed E-state index contributed by atoms with van der Waals surface area (Å²) in [5.74, 6) is 0. The predicted octanol–water partition coefficient (Wildman–Crippen LogP) is 3.41. The highest BCUT2D eigenvalue weighted by atomic mass is 32.1. The van der Waals surface area contributed by atoms with Crippen LogP contribution in [0.4, 0.5) is 0 Å². The van der Waals surface area contributed by atoms with Crippen LogP contribution in [0.1, 0.15) is 28.5 Å². The maximum Gasteiger partial charge on any atom is 0.0898 e. The molecule has 16 heavy (non-hydrogen) atoms. The second-order valence-electron chi connectivity index (χ2n) is 3.69. The van der Waals surface area contributed by atoms with E-state index in [1.54, 1.807) is 11.3 Å². The Kier molecular flexibility index (Phi) is 4.09. The summed E-state index contributed by atoms with van der Waals surface area (Å²) in [6, 6.07) is 4.65. The highest BCUT2D eigenvalue weighted by Crippen LogP contribution is 2.22. The fraction of sp³-hybridized carbons (Fsp3) is 0.417. The van der Waals surface area contributed by atoms with Gasteiger partial charge in [-0.1, -0.05) is 13.0 Å². The van der Waals surface area contributed by atoms with E-state index in [2.05, 4.69) is 47.0 Å². The lowest BCUT2D eigenvalue weighted by atomic mass is 10.1. The minimum atomic E-state index is 0.355. The third-order valence-corrected chi connectivity index (χ3v) is 4.12. The molecule has 0 fully saturated rings. The first kappa shape index (κ1) is 11.8. The molecule has 2 rings (SSSR count). The number of aryl methyl sites for hydroxylation is 1. The monoisotopic (exact) mass is 252 g/mol. The highest BCUT2D eigenvalue weighted by molar-refractivity contribution is 7.10. The summed E-state index contributed by atoms with van der Waals surface area (Å²) in [6.07, 6.45) is 1.04. The van der Waals surface area contributed by atoms with Crippen molar-refractivity contribution >= 4 is 22.7 Å². The van der Waals surface area contributed by atoms with Gasteiger partial charge in [0.2, 0.25) is 0 Å². The summed E-state index contributed by atoms with van der Waals surface area (Å²) in [7, 11) is 0. The van der Waals surface area contributed by atoms with E-state index in [-0.39, 0.29) is 0 Å². The van der Waals surface area contributed by atoms with Crippen LogP contribution in [0.5, 0.6) is 0 Å². The van der Waals surface area contributed by atoms with Gasteiger partial charge in [-0.15, -0.1) is 22.7 Å². The molecule has 0 aliphatic carbocycles. The van der Waals surface area contributed by atoms with E-state index < -0.39 is 0 Å². The van der Waals surface area contributed by atoms with Crippen molar-refractivity contribution in [3.05, 3.63) is 38.5 Å². The van der Waals surface area contributed by atoms with Crippen molar-refractivity contribution in [3.63, 3.8) is 0 Å². The zero-order chi connectivity index (χ0) is 11.4. The van der Waals surface area contributed by atoms with Gasteiger partial charge in [0, 0.05) is 16.7 Å². The van der Waals surface area contributed by atoms with Crippen molar-refractivity contribution in [2.45, 2.75) is 26.3 Å². The average molecular weight is 252 g/mol. The number of nitrogens with zero attached hydrogens (tertiary/aromatic N) is 1. The number of hydrogen-bond acceptors (Lipinski definition) is 4. The Labute approximate surface area is 104 Å². The van der Waals surface area contributed by atoms with Gasteiger partial charge in [0.05, 0.1) is 16.7 Å². The number of rotatable bonds is 5. The summed E-state index contributed by atoms with van der Waals surface area (Å²) >= 11 is 3.54. The lowest BCUT2D eigenvalue weighted by molar-refractivity contribution is 0.542. The molecule has 0 bridgehead atoms. The lowest BCUT2D eigenvalue weighted by Gasteiger charge is -2.14. The Morgan fingerprint density at radius 3 is 2.88 bits per heavy atom.